The zero-order valence-corrected chi connectivity index (χ0v) is 28.4. The molecule has 0 radical (unpaired) electrons. The number of halogens is 6. The number of alkyl halides is 6. The maximum atomic E-state index is 13.4. The summed E-state index contributed by atoms with van der Waals surface area (Å²) in [7, 11) is 0. The second kappa shape index (κ2) is 15.6. The highest BCUT2D eigenvalue weighted by Gasteiger charge is 2.44. The molecule has 1 aromatic rings. The summed E-state index contributed by atoms with van der Waals surface area (Å²) in [4.78, 5) is 32.1. The highest BCUT2D eigenvalue weighted by Crippen LogP contribution is 2.39. The minimum Gasteiger partial charge on any atom is -0.480 e. The van der Waals surface area contributed by atoms with E-state index < -0.39 is 47.8 Å². The molecule has 1 saturated carbocycles. The van der Waals surface area contributed by atoms with Crippen molar-refractivity contribution < 1.29 is 41.0 Å². The van der Waals surface area contributed by atoms with Crippen LogP contribution in [0.2, 0.25) is 0 Å². The van der Waals surface area contributed by atoms with Gasteiger partial charge in [-0.05, 0) is 86.1 Å². The molecule has 49 heavy (non-hydrogen) atoms. The zero-order chi connectivity index (χ0) is 35.5. The molecule has 6 nitrogen and oxygen atoms in total. The molecule has 3 fully saturated rings. The largest absolute Gasteiger partial charge is 0.480 e. The van der Waals surface area contributed by atoms with E-state index in [0.717, 1.165) is 45.1 Å². The zero-order valence-electron chi connectivity index (χ0n) is 28.4. The van der Waals surface area contributed by atoms with Crippen LogP contribution in [0.5, 0.6) is 0 Å². The quantitative estimate of drug-likeness (QED) is 0.254. The van der Waals surface area contributed by atoms with E-state index in [0.29, 0.717) is 63.6 Å². The van der Waals surface area contributed by atoms with E-state index in [2.05, 4.69) is 35.0 Å². The number of amides is 1. The molecule has 1 amide bonds. The van der Waals surface area contributed by atoms with Crippen LogP contribution in [0.3, 0.4) is 0 Å². The van der Waals surface area contributed by atoms with E-state index in [4.69, 9.17) is 0 Å². The van der Waals surface area contributed by atoms with E-state index in [1.807, 2.05) is 0 Å². The third kappa shape index (κ3) is 9.28. The standard InChI is InChI=1S/C37H49F6N3O3/c1-3-46(33(47)19-25-17-29(36(38,39)40)20-30(18-25)37(41,42)43)31-13-15-44(16-14-31)21-28-22-45(23-32(28)26-11-9-24(2)10-12-26)34(35(48)49)27-7-5-4-6-8-27/h9,11-12,17-18,20,24,27-28,31-32,34H,3-8,10,13-16,19,21-23H2,1-2H3,(H,48,49)/t24?,28-,32+,34?/m0/s1. The van der Waals surface area contributed by atoms with Crippen molar-refractivity contribution in [3.8, 4) is 0 Å². The minimum absolute atomic E-state index is 0.0782. The molecule has 272 valence electrons. The first kappa shape index (κ1) is 37.4. The molecular weight excluding hydrogens is 648 g/mol. The fourth-order valence-corrected chi connectivity index (χ4v) is 8.60. The van der Waals surface area contributed by atoms with Gasteiger partial charge >= 0.3 is 18.3 Å². The van der Waals surface area contributed by atoms with E-state index in [1.54, 1.807) is 11.8 Å². The van der Waals surface area contributed by atoms with Crippen LogP contribution in [0.15, 0.2) is 42.0 Å². The van der Waals surface area contributed by atoms with Gasteiger partial charge in [0.15, 0.2) is 0 Å². The summed E-state index contributed by atoms with van der Waals surface area (Å²) in [5.74, 6) is -0.151. The number of piperidine rings is 1. The normalized spacial score (nSPS) is 25.7. The molecule has 0 aromatic heterocycles. The van der Waals surface area contributed by atoms with Crippen molar-refractivity contribution in [3.63, 3.8) is 0 Å². The van der Waals surface area contributed by atoms with Crippen molar-refractivity contribution in [1.82, 2.24) is 14.7 Å². The number of carbonyl (C=O) groups excluding carboxylic acids is 1. The Morgan fingerprint density at radius 1 is 0.939 bits per heavy atom. The van der Waals surface area contributed by atoms with Gasteiger partial charge in [0.2, 0.25) is 5.91 Å². The van der Waals surface area contributed by atoms with Crippen molar-refractivity contribution in [2.75, 3.05) is 39.3 Å². The number of benzene rings is 1. The number of allylic oxidation sites excluding steroid dienone is 3. The Morgan fingerprint density at radius 2 is 1.57 bits per heavy atom. The van der Waals surface area contributed by atoms with Crippen LogP contribution in [0.1, 0.15) is 81.9 Å². The average Bonchev–Trinajstić information content (AvgIpc) is 3.44. The number of likely N-dealkylation sites (tertiary alicyclic amines) is 2. The Hall–Kier alpha value is -2.86. The van der Waals surface area contributed by atoms with Crippen molar-refractivity contribution in [2.24, 2.45) is 23.7 Å². The van der Waals surface area contributed by atoms with Gasteiger partial charge in [-0.25, -0.2) is 0 Å². The molecule has 2 heterocycles. The second-order valence-electron chi connectivity index (χ2n) is 14.6. The summed E-state index contributed by atoms with van der Waals surface area (Å²) in [6, 6.07) is 0.677. The Labute approximate surface area is 285 Å². The van der Waals surface area contributed by atoms with Crippen molar-refractivity contribution in [2.45, 2.75) is 96.1 Å². The third-order valence-corrected chi connectivity index (χ3v) is 11.1. The molecule has 2 unspecified atom stereocenters. The van der Waals surface area contributed by atoms with E-state index in [9.17, 15) is 41.0 Å². The molecule has 2 saturated heterocycles. The van der Waals surface area contributed by atoms with Gasteiger partial charge in [-0.3, -0.25) is 14.5 Å². The topological polar surface area (TPSA) is 64.1 Å². The fraction of sp³-hybridized carbons (Fsp3) is 0.676. The Balaban J connectivity index is 1.24. The van der Waals surface area contributed by atoms with Gasteiger partial charge in [-0.1, -0.05) is 44.4 Å². The first-order chi connectivity index (χ1) is 23.1. The fourth-order valence-electron chi connectivity index (χ4n) is 8.60. The number of rotatable bonds is 10. The highest BCUT2D eigenvalue weighted by molar-refractivity contribution is 5.79. The molecule has 0 bridgehead atoms. The van der Waals surface area contributed by atoms with Crippen molar-refractivity contribution in [1.29, 1.82) is 0 Å². The van der Waals surface area contributed by atoms with Gasteiger partial charge in [0.05, 0.1) is 17.5 Å². The molecule has 4 atom stereocenters. The predicted molar refractivity (Wildman–Crippen MR) is 175 cm³/mol. The molecule has 4 aliphatic rings. The highest BCUT2D eigenvalue weighted by atomic mass is 19.4. The van der Waals surface area contributed by atoms with Crippen molar-refractivity contribution in [3.05, 3.63) is 58.7 Å². The van der Waals surface area contributed by atoms with E-state index in [1.165, 1.54) is 5.57 Å². The summed E-state index contributed by atoms with van der Waals surface area (Å²) in [6.07, 6.45) is 3.68. The van der Waals surface area contributed by atoms with Gasteiger partial charge in [0, 0.05) is 51.2 Å². The molecule has 2 aliphatic heterocycles. The first-order valence-electron chi connectivity index (χ1n) is 17.8. The maximum absolute atomic E-state index is 13.4. The average molecular weight is 698 g/mol. The number of carboxylic acid groups (broad SMARTS) is 1. The van der Waals surface area contributed by atoms with Crippen LogP contribution in [0.4, 0.5) is 26.3 Å². The summed E-state index contributed by atoms with van der Waals surface area (Å²) < 4.78 is 80.4. The predicted octanol–water partition coefficient (Wildman–Crippen LogP) is 7.68. The number of nitrogens with zero attached hydrogens (tertiary/aromatic N) is 3. The van der Waals surface area contributed by atoms with Gasteiger partial charge in [0.1, 0.15) is 6.04 Å². The lowest BCUT2D eigenvalue weighted by molar-refractivity contribution is -0.146. The number of aliphatic carboxylic acids is 1. The molecular formula is C37H49F6N3O3. The van der Waals surface area contributed by atoms with Gasteiger partial charge in [0.25, 0.3) is 0 Å². The van der Waals surface area contributed by atoms with E-state index in [-0.39, 0.29) is 35.4 Å². The monoisotopic (exact) mass is 697 g/mol. The lowest BCUT2D eigenvalue weighted by atomic mass is 9.83. The van der Waals surface area contributed by atoms with Gasteiger partial charge in [-0.15, -0.1) is 0 Å². The molecule has 5 rings (SSSR count). The number of carbonyl (C=O) groups is 2. The SMILES string of the molecule is CCN(C(=O)Cc1cc(C(F)(F)F)cc(C(F)(F)F)c1)C1CCN(C[C@H]2CN(C(C(=O)O)C3CCCCC3)C[C@@H]2C2=CCC(C)C=C2)CC1. The van der Waals surface area contributed by atoms with Gasteiger partial charge in [-0.2, -0.15) is 26.3 Å². The minimum atomic E-state index is -4.97. The molecule has 2 aliphatic carbocycles. The molecule has 12 heteroatoms. The third-order valence-electron chi connectivity index (χ3n) is 11.1. The second-order valence-corrected chi connectivity index (χ2v) is 14.6. The van der Waals surface area contributed by atoms with Crippen LogP contribution < -0.4 is 0 Å². The lowest BCUT2D eigenvalue weighted by Crippen LogP contribution is -2.49. The maximum Gasteiger partial charge on any atom is 0.416 e. The summed E-state index contributed by atoms with van der Waals surface area (Å²) in [5.41, 5.74) is -1.88. The smallest absolute Gasteiger partial charge is 0.416 e. The Bertz CT molecular complexity index is 1350. The molecule has 1 aromatic carbocycles. The number of hydrogen-bond acceptors (Lipinski definition) is 4. The number of carboxylic acids is 1. The van der Waals surface area contributed by atoms with Crippen LogP contribution in [-0.4, -0.2) is 83.0 Å². The Morgan fingerprint density at radius 3 is 2.10 bits per heavy atom. The van der Waals surface area contributed by atoms with Gasteiger partial charge < -0.3 is 14.9 Å². The van der Waals surface area contributed by atoms with Crippen molar-refractivity contribution >= 4 is 11.9 Å². The first-order valence-corrected chi connectivity index (χ1v) is 17.8. The molecule has 1 N–H and O–H groups in total. The number of hydrogen-bond donors (Lipinski definition) is 1. The summed E-state index contributed by atoms with van der Waals surface area (Å²) in [5, 5.41) is 10.4. The van der Waals surface area contributed by atoms with Crippen LogP contribution in [0, 0.1) is 23.7 Å². The Kier molecular flexibility index (Phi) is 11.9. The van der Waals surface area contributed by atoms with E-state index >= 15 is 0 Å². The van der Waals surface area contributed by atoms with Crippen LogP contribution in [0.25, 0.3) is 0 Å². The summed E-state index contributed by atoms with van der Waals surface area (Å²) in [6.45, 7) is 7.83. The van der Waals surface area contributed by atoms with Crippen LogP contribution >= 0.6 is 0 Å². The summed E-state index contributed by atoms with van der Waals surface area (Å²) >= 11 is 0. The number of likely N-dealkylation sites (N-methyl/N-ethyl adjacent to an activating group) is 1. The molecule has 0 spiro atoms. The van der Waals surface area contributed by atoms with Crippen LogP contribution in [-0.2, 0) is 28.4 Å². The lowest BCUT2D eigenvalue weighted by Gasteiger charge is -2.39.